The van der Waals surface area contributed by atoms with Crippen molar-refractivity contribution in [1.82, 2.24) is 10.2 Å². The maximum Gasteiger partial charge on any atom is 0.326 e. The third-order valence-corrected chi connectivity index (χ3v) is 9.24. The summed E-state index contributed by atoms with van der Waals surface area (Å²) in [6.07, 6.45) is 1.38. The molecule has 8 heteroatoms. The van der Waals surface area contributed by atoms with E-state index in [1.807, 2.05) is 129 Å². The predicted molar refractivity (Wildman–Crippen MR) is 208 cm³/mol. The van der Waals surface area contributed by atoms with Crippen LogP contribution in [0.5, 0.6) is 11.5 Å². The number of carboxylic acids is 1. The zero-order valence-electron chi connectivity index (χ0n) is 30.6. The Morgan fingerprint density at radius 1 is 0.679 bits per heavy atom. The molecule has 2 N–H and O–H groups in total. The number of esters is 1. The van der Waals surface area contributed by atoms with Gasteiger partial charge in [0.05, 0.1) is 13.0 Å². The summed E-state index contributed by atoms with van der Waals surface area (Å²) >= 11 is 0. The van der Waals surface area contributed by atoms with Crippen LogP contribution < -0.4 is 14.8 Å². The van der Waals surface area contributed by atoms with Crippen molar-refractivity contribution >= 4 is 18.0 Å². The Morgan fingerprint density at radius 2 is 1.23 bits per heavy atom. The van der Waals surface area contributed by atoms with Crippen molar-refractivity contribution in [2.45, 2.75) is 45.1 Å². The molecule has 53 heavy (non-hydrogen) atoms. The molecule has 3 atom stereocenters. The second kappa shape index (κ2) is 19.1. The van der Waals surface area contributed by atoms with Crippen LogP contribution in [0.3, 0.4) is 0 Å². The Bertz CT molecular complexity index is 1900. The molecule has 0 saturated heterocycles. The van der Waals surface area contributed by atoms with E-state index in [-0.39, 0.29) is 18.2 Å². The van der Waals surface area contributed by atoms with Gasteiger partial charge in [-0.2, -0.15) is 0 Å². The molecule has 8 nitrogen and oxygen atoms in total. The van der Waals surface area contributed by atoms with E-state index in [1.165, 1.54) is 7.11 Å². The third kappa shape index (κ3) is 11.0. The molecule has 5 aromatic rings. The summed E-state index contributed by atoms with van der Waals surface area (Å²) in [7, 11) is 1.51. The molecule has 0 aliphatic heterocycles. The summed E-state index contributed by atoms with van der Waals surface area (Å²) in [5.41, 5.74) is 4.85. The number of nitrogens with one attached hydrogen (secondary N) is 1. The summed E-state index contributed by atoms with van der Waals surface area (Å²) in [6.45, 7) is 4.30. The highest BCUT2D eigenvalue weighted by Gasteiger charge is 2.34. The van der Waals surface area contributed by atoms with Crippen LogP contribution in [0.1, 0.15) is 42.9 Å². The Labute approximate surface area is 312 Å². The second-order valence-corrected chi connectivity index (χ2v) is 13.6. The molecule has 5 rings (SSSR count). The van der Waals surface area contributed by atoms with Crippen molar-refractivity contribution in [2.24, 2.45) is 11.8 Å². The first-order chi connectivity index (χ1) is 25.7. The molecule has 0 aliphatic rings. The topological polar surface area (TPSA) is 105 Å². The fourth-order valence-corrected chi connectivity index (χ4v) is 6.52. The number of carbonyl (C=O) groups excluding carboxylic acids is 2. The number of benzene rings is 5. The van der Waals surface area contributed by atoms with Crippen molar-refractivity contribution < 1.29 is 29.0 Å². The van der Waals surface area contributed by atoms with Crippen LogP contribution in [0.15, 0.2) is 140 Å². The summed E-state index contributed by atoms with van der Waals surface area (Å²) in [5.74, 6) is -2.20. The van der Waals surface area contributed by atoms with Crippen LogP contribution in [0.2, 0.25) is 0 Å². The standard InChI is InChI=1S/C45H48N2O6/c1-32(2)30-47(31-38(24-23-33-15-7-4-8-16-33)44(50)53-41-22-14-13-21-40(41)52-3)45(51)46-42(43(48)49)39(29-34-17-9-5-10-18-34)37-27-25-36(26-28-37)35-19-11-6-12-20-35/h4-22,25-28,32,38-39,42H,23-24,29-31H2,1-3H3,(H,46,51)(H,48,49)/t38-,39?,42-/m0/s1. The number of hydrogen-bond donors (Lipinski definition) is 2. The van der Waals surface area contributed by atoms with E-state index in [1.54, 1.807) is 29.2 Å². The highest BCUT2D eigenvalue weighted by molar-refractivity contribution is 5.84. The minimum atomic E-state index is -1.26. The Morgan fingerprint density at radius 3 is 1.81 bits per heavy atom. The monoisotopic (exact) mass is 712 g/mol. The number of carboxylic acid groups (broad SMARTS) is 1. The normalized spacial score (nSPS) is 12.7. The van der Waals surface area contributed by atoms with Gasteiger partial charge >= 0.3 is 18.0 Å². The van der Waals surface area contributed by atoms with Gasteiger partial charge in [-0.15, -0.1) is 0 Å². The molecule has 0 saturated carbocycles. The van der Waals surface area contributed by atoms with Crippen LogP contribution in [0, 0.1) is 11.8 Å². The van der Waals surface area contributed by atoms with Gasteiger partial charge in [0.1, 0.15) is 6.04 Å². The lowest BCUT2D eigenvalue weighted by Gasteiger charge is -2.32. The number of ether oxygens (including phenoxy) is 2. The first-order valence-electron chi connectivity index (χ1n) is 18.1. The number of aryl methyl sites for hydroxylation is 1. The van der Waals surface area contributed by atoms with Crippen molar-refractivity contribution in [1.29, 1.82) is 0 Å². The van der Waals surface area contributed by atoms with Gasteiger partial charge in [-0.05, 0) is 65.1 Å². The molecule has 5 aromatic carbocycles. The lowest BCUT2D eigenvalue weighted by atomic mass is 9.85. The maximum atomic E-state index is 14.3. The highest BCUT2D eigenvalue weighted by Crippen LogP contribution is 2.30. The Hall–Kier alpha value is -5.89. The summed E-state index contributed by atoms with van der Waals surface area (Å²) in [6, 6.07) is 42.4. The smallest absolute Gasteiger partial charge is 0.326 e. The molecule has 2 amide bonds. The van der Waals surface area contributed by atoms with Gasteiger partial charge in [0.25, 0.3) is 0 Å². The number of nitrogens with zero attached hydrogens (tertiary/aromatic N) is 1. The first-order valence-corrected chi connectivity index (χ1v) is 18.1. The lowest BCUT2D eigenvalue weighted by molar-refractivity contribution is -0.141. The molecular weight excluding hydrogens is 665 g/mol. The van der Waals surface area contributed by atoms with Crippen LogP contribution in [0.4, 0.5) is 4.79 Å². The fraction of sp³-hybridized carbons (Fsp3) is 0.267. The van der Waals surface area contributed by atoms with E-state index in [4.69, 9.17) is 9.47 Å². The van der Waals surface area contributed by atoms with E-state index in [9.17, 15) is 19.5 Å². The van der Waals surface area contributed by atoms with Gasteiger partial charge in [-0.25, -0.2) is 9.59 Å². The third-order valence-electron chi connectivity index (χ3n) is 9.24. The number of hydrogen-bond acceptors (Lipinski definition) is 5. The largest absolute Gasteiger partial charge is 0.493 e. The molecule has 0 radical (unpaired) electrons. The zero-order valence-corrected chi connectivity index (χ0v) is 30.6. The molecule has 1 unspecified atom stereocenters. The highest BCUT2D eigenvalue weighted by atomic mass is 16.6. The second-order valence-electron chi connectivity index (χ2n) is 13.6. The van der Waals surface area contributed by atoms with Crippen molar-refractivity contribution in [3.05, 3.63) is 156 Å². The number of urea groups is 1. The van der Waals surface area contributed by atoms with Crippen LogP contribution in [-0.4, -0.2) is 54.2 Å². The first kappa shape index (κ1) is 38.3. The molecule has 0 aliphatic carbocycles. The van der Waals surface area contributed by atoms with Crippen LogP contribution in [-0.2, 0) is 22.4 Å². The fourth-order valence-electron chi connectivity index (χ4n) is 6.52. The molecule has 0 spiro atoms. The molecule has 0 heterocycles. The Balaban J connectivity index is 1.43. The molecule has 0 fully saturated rings. The quantitative estimate of drug-likeness (QED) is 0.0739. The minimum absolute atomic E-state index is 0.0340. The average molecular weight is 713 g/mol. The molecule has 274 valence electrons. The maximum absolute atomic E-state index is 14.3. The summed E-state index contributed by atoms with van der Waals surface area (Å²) in [5, 5.41) is 13.6. The number of carbonyl (C=O) groups is 3. The van der Waals surface area contributed by atoms with Crippen LogP contribution >= 0.6 is 0 Å². The minimum Gasteiger partial charge on any atom is -0.493 e. The summed E-state index contributed by atoms with van der Waals surface area (Å²) < 4.78 is 11.3. The van der Waals surface area contributed by atoms with Gasteiger partial charge < -0.3 is 24.8 Å². The zero-order chi connectivity index (χ0) is 37.6. The number of methoxy groups -OCH3 is 1. The summed E-state index contributed by atoms with van der Waals surface area (Å²) in [4.78, 5) is 42.8. The van der Waals surface area contributed by atoms with Gasteiger partial charge in [-0.3, -0.25) is 4.79 Å². The van der Waals surface area contributed by atoms with E-state index in [2.05, 4.69) is 5.32 Å². The predicted octanol–water partition coefficient (Wildman–Crippen LogP) is 8.66. The van der Waals surface area contributed by atoms with E-state index >= 15 is 0 Å². The van der Waals surface area contributed by atoms with Crippen molar-refractivity contribution in [3.63, 3.8) is 0 Å². The van der Waals surface area contributed by atoms with Gasteiger partial charge in [-0.1, -0.05) is 141 Å². The van der Waals surface area contributed by atoms with Gasteiger partial charge in [0, 0.05) is 19.0 Å². The SMILES string of the molecule is COc1ccccc1OC(=O)[C@@H](CCc1ccccc1)CN(CC(C)C)C(=O)N[C@H](C(=O)O)C(Cc1ccccc1)c1ccc(-c2ccccc2)cc1. The lowest BCUT2D eigenvalue weighted by Crippen LogP contribution is -2.53. The number of rotatable bonds is 17. The molecular formula is C45H48N2O6. The van der Waals surface area contributed by atoms with Gasteiger partial charge in [0.2, 0.25) is 0 Å². The average Bonchev–Trinajstić information content (AvgIpc) is 3.18. The van der Waals surface area contributed by atoms with E-state index < -0.39 is 35.8 Å². The number of amides is 2. The van der Waals surface area contributed by atoms with E-state index in [0.717, 1.165) is 27.8 Å². The molecule has 0 bridgehead atoms. The van der Waals surface area contributed by atoms with Gasteiger partial charge in [0.15, 0.2) is 11.5 Å². The van der Waals surface area contributed by atoms with E-state index in [0.29, 0.717) is 31.6 Å². The van der Waals surface area contributed by atoms with Crippen molar-refractivity contribution in [3.8, 4) is 22.6 Å². The number of para-hydroxylation sites is 2. The molecule has 0 aromatic heterocycles. The van der Waals surface area contributed by atoms with Crippen molar-refractivity contribution in [2.75, 3.05) is 20.2 Å². The number of aliphatic carboxylic acids is 1. The Kier molecular flexibility index (Phi) is 13.8. The van der Waals surface area contributed by atoms with Crippen LogP contribution in [0.25, 0.3) is 11.1 Å².